The fraction of sp³-hybridized carbons (Fsp3) is 0.409. The summed E-state index contributed by atoms with van der Waals surface area (Å²) < 4.78 is 26.1. The second-order valence-electron chi connectivity index (χ2n) is 7.68. The molecule has 0 radical (unpaired) electrons. The zero-order chi connectivity index (χ0) is 20.9. The average molecular weight is 403 g/mol. The normalized spacial score (nSPS) is 13.8. The average Bonchev–Trinajstić information content (AvgIpc) is 2.60. The molecule has 1 N–H and O–H groups in total. The van der Waals surface area contributed by atoms with Crippen molar-refractivity contribution in [2.75, 3.05) is 10.6 Å². The molecule has 2 aromatic rings. The molecule has 1 amide bonds. The van der Waals surface area contributed by atoms with Crippen molar-refractivity contribution >= 4 is 21.6 Å². The van der Waals surface area contributed by atoms with Crippen molar-refractivity contribution in [1.82, 2.24) is 5.32 Å². The Morgan fingerprint density at radius 2 is 1.68 bits per heavy atom. The van der Waals surface area contributed by atoms with E-state index in [1.807, 2.05) is 43.3 Å². The van der Waals surface area contributed by atoms with Crippen LogP contribution in [0.25, 0.3) is 0 Å². The minimum Gasteiger partial charge on any atom is -0.347 e. The van der Waals surface area contributed by atoms with Crippen LogP contribution < -0.4 is 9.62 Å². The lowest BCUT2D eigenvalue weighted by Crippen LogP contribution is -2.48. The maximum absolute atomic E-state index is 13.0. The molecule has 0 aliphatic rings. The number of hydrogen-bond donors (Lipinski definition) is 1. The third-order valence-electron chi connectivity index (χ3n) is 4.57. The van der Waals surface area contributed by atoms with Crippen LogP contribution in [0.3, 0.4) is 0 Å². The molecular formula is C22H30N2O3S. The molecule has 28 heavy (non-hydrogen) atoms. The maximum atomic E-state index is 13.0. The van der Waals surface area contributed by atoms with Gasteiger partial charge in [-0.2, -0.15) is 0 Å². The summed E-state index contributed by atoms with van der Waals surface area (Å²) in [5.41, 5.74) is 2.43. The van der Waals surface area contributed by atoms with Crippen LogP contribution in [-0.4, -0.2) is 26.6 Å². The Morgan fingerprint density at radius 3 is 2.21 bits per heavy atom. The summed E-state index contributed by atoms with van der Waals surface area (Å²) in [4.78, 5) is 13.0. The Hall–Kier alpha value is -2.34. The number of rotatable bonds is 8. The van der Waals surface area contributed by atoms with Gasteiger partial charge in [0, 0.05) is 0 Å². The van der Waals surface area contributed by atoms with Gasteiger partial charge in [0.15, 0.2) is 0 Å². The molecule has 2 aromatic carbocycles. The first kappa shape index (κ1) is 22.0. The molecule has 2 rings (SSSR count). The summed E-state index contributed by atoms with van der Waals surface area (Å²) in [7, 11) is -3.63. The number of nitrogens with one attached hydrogen (secondary N) is 1. The van der Waals surface area contributed by atoms with Crippen LogP contribution in [0.4, 0.5) is 5.69 Å². The quantitative estimate of drug-likeness (QED) is 0.724. The molecule has 0 aliphatic heterocycles. The number of hydrogen-bond acceptors (Lipinski definition) is 3. The lowest BCUT2D eigenvalue weighted by molar-refractivity contribution is -0.122. The molecular weight excluding hydrogens is 372 g/mol. The van der Waals surface area contributed by atoms with E-state index in [2.05, 4.69) is 19.2 Å². The first-order valence-corrected chi connectivity index (χ1v) is 11.4. The van der Waals surface area contributed by atoms with Crippen LogP contribution in [0.15, 0.2) is 54.6 Å². The third kappa shape index (κ3) is 5.83. The van der Waals surface area contributed by atoms with Gasteiger partial charge in [-0.25, -0.2) is 8.42 Å². The van der Waals surface area contributed by atoms with Crippen molar-refractivity contribution < 1.29 is 13.2 Å². The van der Waals surface area contributed by atoms with Gasteiger partial charge in [0.25, 0.3) is 0 Å². The zero-order valence-corrected chi connectivity index (χ0v) is 18.0. The third-order valence-corrected chi connectivity index (χ3v) is 5.81. The van der Waals surface area contributed by atoms with Crippen molar-refractivity contribution in [1.29, 1.82) is 0 Å². The molecule has 0 heterocycles. The molecule has 2 atom stereocenters. The highest BCUT2D eigenvalue weighted by atomic mass is 32.2. The highest BCUT2D eigenvalue weighted by Crippen LogP contribution is 2.24. The summed E-state index contributed by atoms with van der Waals surface area (Å²) in [5.74, 6) is 0.0602. The molecule has 6 heteroatoms. The molecule has 0 aliphatic carbocycles. The molecule has 0 aromatic heterocycles. The second-order valence-corrected chi connectivity index (χ2v) is 9.53. The number of carbonyl (C=O) groups is 1. The number of aryl methyl sites for hydroxylation is 1. The number of nitrogens with zero attached hydrogens (tertiary/aromatic N) is 1. The highest BCUT2D eigenvalue weighted by Gasteiger charge is 2.30. The van der Waals surface area contributed by atoms with Crippen LogP contribution >= 0.6 is 0 Å². The Morgan fingerprint density at radius 1 is 1.04 bits per heavy atom. The Bertz CT molecular complexity index is 895. The van der Waals surface area contributed by atoms with E-state index in [-0.39, 0.29) is 11.9 Å². The minimum absolute atomic E-state index is 0.171. The smallest absolute Gasteiger partial charge is 0.244 e. The molecule has 0 fully saturated rings. The van der Waals surface area contributed by atoms with E-state index >= 15 is 0 Å². The predicted octanol–water partition coefficient (Wildman–Crippen LogP) is 4.05. The number of anilines is 1. The zero-order valence-electron chi connectivity index (χ0n) is 17.2. The first-order chi connectivity index (χ1) is 13.1. The Kier molecular flexibility index (Phi) is 7.24. The van der Waals surface area contributed by atoms with Crippen molar-refractivity contribution in [3.05, 3.63) is 65.7 Å². The second kappa shape index (κ2) is 9.24. The molecule has 0 saturated heterocycles. The van der Waals surface area contributed by atoms with E-state index in [9.17, 15) is 13.2 Å². The number of sulfonamides is 1. The summed E-state index contributed by atoms with van der Waals surface area (Å²) in [6, 6.07) is 15.9. The summed E-state index contributed by atoms with van der Waals surface area (Å²) in [6.07, 6.45) is 1.90. The molecule has 152 valence electrons. The number of carbonyl (C=O) groups excluding carboxylic acids is 1. The van der Waals surface area contributed by atoms with Gasteiger partial charge in [0.2, 0.25) is 15.9 Å². The largest absolute Gasteiger partial charge is 0.347 e. The van der Waals surface area contributed by atoms with Crippen molar-refractivity contribution in [2.45, 2.75) is 46.2 Å². The summed E-state index contributed by atoms with van der Waals surface area (Å²) in [5, 5.41) is 3.06. The van der Waals surface area contributed by atoms with E-state index in [1.54, 1.807) is 25.1 Å². The van der Waals surface area contributed by atoms with Crippen molar-refractivity contribution in [3.8, 4) is 0 Å². The lowest BCUT2D eigenvalue weighted by atomic mass is 9.96. The van der Waals surface area contributed by atoms with Gasteiger partial charge >= 0.3 is 0 Å². The number of benzene rings is 2. The predicted molar refractivity (Wildman–Crippen MR) is 115 cm³/mol. The van der Waals surface area contributed by atoms with Crippen LogP contribution in [0.5, 0.6) is 0 Å². The topological polar surface area (TPSA) is 66.5 Å². The van der Waals surface area contributed by atoms with Gasteiger partial charge in [0.1, 0.15) is 6.04 Å². The molecule has 0 saturated carbocycles. The summed E-state index contributed by atoms with van der Waals surface area (Å²) in [6.45, 7) is 7.71. The minimum atomic E-state index is -3.63. The van der Waals surface area contributed by atoms with Crippen LogP contribution in [0.2, 0.25) is 0 Å². The fourth-order valence-corrected chi connectivity index (χ4v) is 4.47. The number of amides is 1. The Labute approximate surface area is 168 Å². The van der Waals surface area contributed by atoms with Gasteiger partial charge in [-0.05, 0) is 49.4 Å². The molecule has 5 nitrogen and oxygen atoms in total. The molecule has 0 spiro atoms. The van der Waals surface area contributed by atoms with Crippen molar-refractivity contribution in [3.63, 3.8) is 0 Å². The van der Waals surface area contributed by atoms with Gasteiger partial charge in [-0.1, -0.05) is 56.3 Å². The van der Waals surface area contributed by atoms with Crippen LogP contribution in [0.1, 0.15) is 44.4 Å². The highest BCUT2D eigenvalue weighted by molar-refractivity contribution is 7.92. The van der Waals surface area contributed by atoms with Gasteiger partial charge in [0.05, 0.1) is 18.0 Å². The van der Waals surface area contributed by atoms with E-state index in [1.165, 1.54) is 4.31 Å². The van der Waals surface area contributed by atoms with E-state index in [0.29, 0.717) is 11.6 Å². The molecule has 0 bridgehead atoms. The van der Waals surface area contributed by atoms with Crippen LogP contribution in [0, 0.1) is 12.8 Å². The van der Waals surface area contributed by atoms with Gasteiger partial charge in [-0.15, -0.1) is 0 Å². The van der Waals surface area contributed by atoms with Gasteiger partial charge in [-0.3, -0.25) is 9.10 Å². The Balaban J connectivity index is 2.30. The lowest BCUT2D eigenvalue weighted by Gasteiger charge is -2.30. The summed E-state index contributed by atoms with van der Waals surface area (Å²) >= 11 is 0. The SMILES string of the molecule is Cc1cccc(N([C@@H](C)C(=O)N[C@H](CC(C)C)c2ccccc2)S(C)(=O)=O)c1. The van der Waals surface area contributed by atoms with Crippen molar-refractivity contribution in [2.24, 2.45) is 5.92 Å². The van der Waals surface area contributed by atoms with E-state index in [4.69, 9.17) is 0 Å². The van der Waals surface area contributed by atoms with E-state index in [0.717, 1.165) is 23.8 Å². The van der Waals surface area contributed by atoms with Crippen LogP contribution in [-0.2, 0) is 14.8 Å². The maximum Gasteiger partial charge on any atom is 0.244 e. The van der Waals surface area contributed by atoms with E-state index < -0.39 is 16.1 Å². The first-order valence-electron chi connectivity index (χ1n) is 9.51. The molecule has 0 unspecified atom stereocenters. The monoisotopic (exact) mass is 402 g/mol. The van der Waals surface area contributed by atoms with Gasteiger partial charge < -0.3 is 5.32 Å². The standard InChI is InChI=1S/C22H30N2O3S/c1-16(2)14-21(19-11-7-6-8-12-19)23-22(25)18(4)24(28(5,26)27)20-13-9-10-17(3)15-20/h6-13,15-16,18,21H,14H2,1-5H3,(H,23,25)/t18-,21+/m0/s1. The fourth-order valence-electron chi connectivity index (χ4n) is 3.30.